The van der Waals surface area contributed by atoms with Crippen molar-refractivity contribution in [3.05, 3.63) is 59.0 Å². The molecule has 1 aliphatic heterocycles. The summed E-state index contributed by atoms with van der Waals surface area (Å²) in [6, 6.07) is 6.20. The highest BCUT2D eigenvalue weighted by molar-refractivity contribution is 6.47. The molecule has 146 valence electrons. The van der Waals surface area contributed by atoms with Crippen molar-refractivity contribution >= 4 is 35.0 Å². The molecule has 2 heterocycles. The van der Waals surface area contributed by atoms with E-state index in [2.05, 4.69) is 0 Å². The van der Waals surface area contributed by atoms with Gasteiger partial charge in [0, 0.05) is 29.3 Å². The molecule has 3 aliphatic rings. The summed E-state index contributed by atoms with van der Waals surface area (Å²) >= 11 is 5.95. The standard InChI is InChI=1S/C22H16ClNO5/c23-12-6-4-11(5-7-12)14-10-29-22-13-2-1-3-15(24-16(25)8-9-17(24)26)18(13)20(27)21(28)19(14)22/h1,3-7,10,13,15,18H,2,8-9H2. The minimum absolute atomic E-state index is 0.134. The Morgan fingerprint density at radius 1 is 1.00 bits per heavy atom. The number of halogens is 1. The highest BCUT2D eigenvalue weighted by atomic mass is 35.5. The SMILES string of the molecule is O=C1C(=O)C2C(CC=CC2N2C(=O)CCC2=O)c2occ(-c3ccc(Cl)cc3)c21. The van der Waals surface area contributed by atoms with E-state index in [1.807, 2.05) is 6.08 Å². The van der Waals surface area contributed by atoms with Crippen LogP contribution in [0.25, 0.3) is 11.1 Å². The highest BCUT2D eigenvalue weighted by Crippen LogP contribution is 2.47. The number of hydrogen-bond acceptors (Lipinski definition) is 5. The maximum Gasteiger partial charge on any atom is 0.233 e. The monoisotopic (exact) mass is 409 g/mol. The summed E-state index contributed by atoms with van der Waals surface area (Å²) in [6.07, 6.45) is 5.80. The second-order valence-electron chi connectivity index (χ2n) is 7.53. The highest BCUT2D eigenvalue weighted by Gasteiger charge is 2.52. The number of nitrogens with zero attached hydrogens (tertiary/aromatic N) is 1. The van der Waals surface area contributed by atoms with Crippen molar-refractivity contribution in [3.8, 4) is 11.1 Å². The van der Waals surface area contributed by atoms with Gasteiger partial charge in [0.15, 0.2) is 0 Å². The van der Waals surface area contributed by atoms with Gasteiger partial charge < -0.3 is 4.42 Å². The van der Waals surface area contributed by atoms with Crippen molar-refractivity contribution < 1.29 is 23.6 Å². The van der Waals surface area contributed by atoms with Crippen LogP contribution in [-0.4, -0.2) is 34.3 Å². The third-order valence-corrected chi connectivity index (χ3v) is 6.23. The van der Waals surface area contributed by atoms with Crippen LogP contribution in [0, 0.1) is 5.92 Å². The van der Waals surface area contributed by atoms with Gasteiger partial charge in [-0.05, 0) is 24.1 Å². The van der Waals surface area contributed by atoms with Gasteiger partial charge in [-0.1, -0.05) is 35.9 Å². The summed E-state index contributed by atoms with van der Waals surface area (Å²) in [4.78, 5) is 51.9. The zero-order valence-electron chi connectivity index (χ0n) is 15.3. The Kier molecular flexibility index (Phi) is 4.06. The van der Waals surface area contributed by atoms with E-state index in [0.717, 1.165) is 10.5 Å². The lowest BCUT2D eigenvalue weighted by Crippen LogP contribution is -2.51. The number of amides is 2. The molecule has 6 nitrogen and oxygen atoms in total. The molecule has 5 rings (SSSR count). The zero-order valence-corrected chi connectivity index (χ0v) is 16.0. The molecule has 0 N–H and O–H groups in total. The van der Waals surface area contributed by atoms with Crippen molar-refractivity contribution in [3.63, 3.8) is 0 Å². The maximum absolute atomic E-state index is 13.1. The van der Waals surface area contributed by atoms with Crippen LogP contribution in [0.1, 0.15) is 41.3 Å². The molecule has 29 heavy (non-hydrogen) atoms. The predicted molar refractivity (Wildman–Crippen MR) is 103 cm³/mol. The lowest BCUT2D eigenvalue weighted by atomic mass is 9.68. The summed E-state index contributed by atoms with van der Waals surface area (Å²) in [7, 11) is 0. The van der Waals surface area contributed by atoms with E-state index in [4.69, 9.17) is 16.0 Å². The number of likely N-dealkylation sites (tertiary alicyclic amines) is 1. The van der Waals surface area contributed by atoms with E-state index in [1.165, 1.54) is 6.26 Å². The average Bonchev–Trinajstić information content (AvgIpc) is 3.30. The van der Waals surface area contributed by atoms with Crippen molar-refractivity contribution in [1.29, 1.82) is 0 Å². The number of carbonyl (C=O) groups is 4. The van der Waals surface area contributed by atoms with Crippen molar-refractivity contribution in [2.24, 2.45) is 5.92 Å². The number of carbonyl (C=O) groups excluding carboxylic acids is 4. The van der Waals surface area contributed by atoms with Gasteiger partial charge >= 0.3 is 0 Å². The first-order valence-corrected chi connectivity index (χ1v) is 9.82. The molecule has 2 amide bonds. The van der Waals surface area contributed by atoms with Crippen molar-refractivity contribution in [1.82, 2.24) is 4.90 Å². The van der Waals surface area contributed by atoms with E-state index in [-0.39, 0.29) is 30.2 Å². The number of ketones is 2. The molecule has 0 spiro atoms. The van der Waals surface area contributed by atoms with E-state index in [9.17, 15) is 19.2 Å². The maximum atomic E-state index is 13.1. The van der Waals surface area contributed by atoms with Crippen LogP contribution in [0.3, 0.4) is 0 Å². The molecule has 2 aliphatic carbocycles. The first-order chi connectivity index (χ1) is 14.0. The Morgan fingerprint density at radius 2 is 1.69 bits per heavy atom. The predicted octanol–water partition coefficient (Wildman–Crippen LogP) is 3.54. The average molecular weight is 410 g/mol. The Morgan fingerprint density at radius 3 is 2.38 bits per heavy atom. The van der Waals surface area contributed by atoms with Crippen LogP contribution in [0.4, 0.5) is 0 Å². The Labute approximate surface area is 171 Å². The lowest BCUT2D eigenvalue weighted by molar-refractivity contribution is -0.142. The topological polar surface area (TPSA) is 84.7 Å². The summed E-state index contributed by atoms with van der Waals surface area (Å²) in [5.41, 5.74) is 1.55. The van der Waals surface area contributed by atoms with Crippen molar-refractivity contribution in [2.75, 3.05) is 0 Å². The lowest BCUT2D eigenvalue weighted by Gasteiger charge is -2.38. The van der Waals surface area contributed by atoms with Gasteiger partial charge in [-0.15, -0.1) is 0 Å². The Balaban J connectivity index is 1.60. The van der Waals surface area contributed by atoms with Gasteiger partial charge in [0.1, 0.15) is 5.76 Å². The molecule has 1 aromatic heterocycles. The van der Waals surface area contributed by atoms with Gasteiger partial charge in [0.2, 0.25) is 23.4 Å². The quantitative estimate of drug-likeness (QED) is 0.430. The number of hydrogen-bond donors (Lipinski definition) is 0. The third kappa shape index (κ3) is 2.63. The number of benzene rings is 1. The molecule has 1 aromatic carbocycles. The fourth-order valence-electron chi connectivity index (χ4n) is 4.65. The van der Waals surface area contributed by atoms with Crippen LogP contribution >= 0.6 is 11.6 Å². The molecule has 0 bridgehead atoms. The first kappa shape index (κ1) is 18.1. The van der Waals surface area contributed by atoms with E-state index >= 15 is 0 Å². The van der Waals surface area contributed by atoms with Gasteiger partial charge in [-0.2, -0.15) is 0 Å². The molecule has 1 fully saturated rings. The number of allylic oxidation sites excluding steroid dienone is 1. The van der Waals surface area contributed by atoms with Crippen molar-refractivity contribution in [2.45, 2.75) is 31.2 Å². The Bertz CT molecular complexity index is 1080. The number of Topliss-reactive ketones (excluding diaryl/α,β-unsaturated/α-hetero) is 2. The number of fused-ring (bicyclic) bond motifs is 3. The van der Waals surface area contributed by atoms with Crippen LogP contribution in [0.5, 0.6) is 0 Å². The van der Waals surface area contributed by atoms with Crippen LogP contribution in [0.15, 0.2) is 47.1 Å². The molecule has 3 atom stereocenters. The summed E-state index contributed by atoms with van der Waals surface area (Å²) < 4.78 is 5.80. The van der Waals surface area contributed by atoms with E-state index in [1.54, 1.807) is 30.3 Å². The summed E-state index contributed by atoms with van der Waals surface area (Å²) in [5.74, 6) is -2.60. The number of rotatable bonds is 2. The molecular formula is C22H16ClNO5. The van der Waals surface area contributed by atoms with Gasteiger partial charge in [0.25, 0.3) is 0 Å². The normalized spacial score (nSPS) is 26.1. The molecule has 2 aromatic rings. The minimum Gasteiger partial charge on any atom is -0.468 e. The molecule has 0 radical (unpaired) electrons. The molecule has 3 unspecified atom stereocenters. The van der Waals surface area contributed by atoms with Gasteiger partial charge in [0.05, 0.1) is 23.8 Å². The minimum atomic E-state index is -0.810. The van der Waals surface area contributed by atoms with Gasteiger partial charge in [-0.3, -0.25) is 24.1 Å². The first-order valence-electron chi connectivity index (χ1n) is 9.45. The molecule has 1 saturated heterocycles. The second kappa shape index (κ2) is 6.52. The van der Waals surface area contributed by atoms with Crippen LogP contribution in [-0.2, 0) is 14.4 Å². The van der Waals surface area contributed by atoms with Crippen LogP contribution in [0.2, 0.25) is 5.02 Å². The molecule has 0 saturated carbocycles. The zero-order chi connectivity index (χ0) is 20.3. The number of furan rings is 1. The fraction of sp³-hybridized carbons (Fsp3) is 0.273. The second-order valence-corrected chi connectivity index (χ2v) is 7.97. The molecular weight excluding hydrogens is 394 g/mol. The number of imide groups is 1. The Hall–Kier alpha value is -2.99. The molecule has 7 heteroatoms. The summed E-state index contributed by atoms with van der Waals surface area (Å²) in [5, 5.41) is 0.564. The van der Waals surface area contributed by atoms with E-state index in [0.29, 0.717) is 22.8 Å². The van der Waals surface area contributed by atoms with E-state index < -0.39 is 29.4 Å². The summed E-state index contributed by atoms with van der Waals surface area (Å²) in [6.45, 7) is 0. The van der Waals surface area contributed by atoms with Crippen LogP contribution < -0.4 is 0 Å². The largest absolute Gasteiger partial charge is 0.468 e. The van der Waals surface area contributed by atoms with Gasteiger partial charge in [-0.25, -0.2) is 0 Å². The smallest absolute Gasteiger partial charge is 0.233 e. The third-order valence-electron chi connectivity index (χ3n) is 5.98. The fourth-order valence-corrected chi connectivity index (χ4v) is 4.77.